The average molecular weight is 376 g/mol. The Morgan fingerprint density at radius 1 is 1.04 bits per heavy atom. The van der Waals surface area contributed by atoms with Crippen molar-refractivity contribution in [1.29, 1.82) is 0 Å². The van der Waals surface area contributed by atoms with Gasteiger partial charge in [-0.05, 0) is 12.1 Å². The molecule has 2 rings (SSSR count). The van der Waals surface area contributed by atoms with Gasteiger partial charge in [0.05, 0.1) is 11.1 Å². The number of carboxylic acids is 2. The minimum atomic E-state index is -5.05. The lowest BCUT2D eigenvalue weighted by atomic mass is 9.93. The van der Waals surface area contributed by atoms with Crippen molar-refractivity contribution in [3.63, 3.8) is 0 Å². The molecule has 0 bridgehead atoms. The van der Waals surface area contributed by atoms with Crippen molar-refractivity contribution in [2.75, 3.05) is 5.73 Å². The van der Waals surface area contributed by atoms with Crippen LogP contribution in [0.1, 0.15) is 26.3 Å². The third kappa shape index (κ3) is 3.03. The van der Waals surface area contributed by atoms with Gasteiger partial charge in [0.15, 0.2) is 0 Å². The fourth-order valence-corrected chi connectivity index (χ4v) is 2.30. The van der Waals surface area contributed by atoms with Crippen molar-refractivity contribution in [1.82, 2.24) is 4.98 Å². The molecule has 12 heteroatoms. The Morgan fingerprint density at radius 2 is 1.58 bits per heavy atom. The van der Waals surface area contributed by atoms with Crippen LogP contribution in [0.3, 0.4) is 0 Å². The molecule has 0 saturated heterocycles. The summed E-state index contributed by atoms with van der Waals surface area (Å²) in [5, 5.41) is 28.1. The number of aromatic hydroxyl groups is 1. The zero-order valence-electron chi connectivity index (χ0n) is 12.3. The lowest BCUT2D eigenvalue weighted by molar-refractivity contribution is -0.137. The minimum Gasteiger partial charge on any atom is -0.507 e. The largest absolute Gasteiger partial charge is 0.507 e. The summed E-state index contributed by atoms with van der Waals surface area (Å²) in [4.78, 5) is 36.2. The van der Waals surface area contributed by atoms with Crippen molar-refractivity contribution in [3.8, 4) is 16.9 Å². The molecule has 0 spiro atoms. The van der Waals surface area contributed by atoms with E-state index in [-0.39, 0.29) is 12.1 Å². The van der Waals surface area contributed by atoms with E-state index < -0.39 is 68.9 Å². The second kappa shape index (κ2) is 6.06. The van der Waals surface area contributed by atoms with Crippen molar-refractivity contribution in [3.05, 3.63) is 45.0 Å². The Hall–Kier alpha value is -3.57. The van der Waals surface area contributed by atoms with E-state index in [2.05, 4.69) is 0 Å². The first-order chi connectivity index (χ1) is 11.9. The quantitative estimate of drug-likeness (QED) is 0.513. The summed E-state index contributed by atoms with van der Waals surface area (Å²) in [5.41, 5.74) is -2.52. The SMILES string of the molecule is Nc1[nH]c(=O)c(C(=O)O)c(-c2c(O)cc(C(F)(F)F)cc2F)c1C(=O)O. The molecule has 1 heterocycles. The minimum absolute atomic E-state index is 0.0626. The Bertz CT molecular complexity index is 973. The molecule has 6 N–H and O–H groups in total. The third-order valence-corrected chi connectivity index (χ3v) is 3.32. The topological polar surface area (TPSA) is 154 Å². The highest BCUT2D eigenvalue weighted by molar-refractivity contribution is 6.08. The molecule has 1 aromatic heterocycles. The standard InChI is InChI=1S/C14H8F4N2O6/c15-4-1-3(14(16,17)18)2-5(21)6(4)7-8(12(23)24)10(19)20-11(22)9(7)13(25)26/h1-2,21H,(H,23,24)(H,25,26)(H3,19,20,22). The number of nitrogen functional groups attached to an aromatic ring is 1. The van der Waals surface area contributed by atoms with Crippen LogP contribution in [-0.2, 0) is 6.18 Å². The zero-order valence-corrected chi connectivity index (χ0v) is 12.3. The Balaban J connectivity index is 3.04. The van der Waals surface area contributed by atoms with E-state index in [0.717, 1.165) is 0 Å². The maximum atomic E-state index is 14.3. The van der Waals surface area contributed by atoms with E-state index in [1.165, 1.54) is 0 Å². The number of phenols is 1. The maximum absolute atomic E-state index is 14.3. The average Bonchev–Trinajstić information content (AvgIpc) is 2.43. The van der Waals surface area contributed by atoms with Crippen LogP contribution in [-0.4, -0.2) is 32.2 Å². The highest BCUT2D eigenvalue weighted by Gasteiger charge is 2.35. The highest BCUT2D eigenvalue weighted by atomic mass is 19.4. The normalized spacial score (nSPS) is 11.4. The number of rotatable bonds is 3. The summed E-state index contributed by atoms with van der Waals surface area (Å²) in [5.74, 6) is -8.02. The number of carboxylic acid groups (broad SMARTS) is 2. The molecule has 0 fully saturated rings. The molecule has 0 aliphatic rings. The first-order valence-corrected chi connectivity index (χ1v) is 6.48. The van der Waals surface area contributed by atoms with Crippen LogP contribution in [0.5, 0.6) is 5.75 Å². The number of aromatic carboxylic acids is 2. The van der Waals surface area contributed by atoms with Gasteiger partial charge in [-0.25, -0.2) is 14.0 Å². The van der Waals surface area contributed by atoms with Gasteiger partial charge in [0, 0.05) is 5.56 Å². The third-order valence-electron chi connectivity index (χ3n) is 3.32. The van der Waals surface area contributed by atoms with E-state index >= 15 is 0 Å². The molecule has 0 amide bonds. The van der Waals surface area contributed by atoms with Crippen LogP contribution in [0.15, 0.2) is 16.9 Å². The number of aromatic amines is 1. The summed E-state index contributed by atoms with van der Waals surface area (Å²) in [6, 6.07) is -0.0171. The Kier molecular flexibility index (Phi) is 4.37. The molecule has 26 heavy (non-hydrogen) atoms. The fraction of sp³-hybridized carbons (Fsp3) is 0.0714. The molecular formula is C14H8F4N2O6. The summed E-state index contributed by atoms with van der Waals surface area (Å²) in [7, 11) is 0. The lowest BCUT2D eigenvalue weighted by Crippen LogP contribution is -2.24. The Labute approximate surface area is 140 Å². The molecule has 0 aliphatic heterocycles. The number of halogens is 4. The molecule has 0 radical (unpaired) electrons. The summed E-state index contributed by atoms with van der Waals surface area (Å²) < 4.78 is 52.3. The van der Waals surface area contributed by atoms with Crippen LogP contribution in [0.2, 0.25) is 0 Å². The van der Waals surface area contributed by atoms with Crippen molar-refractivity contribution in [2.45, 2.75) is 6.18 Å². The number of hydrogen-bond acceptors (Lipinski definition) is 5. The van der Waals surface area contributed by atoms with Crippen LogP contribution < -0.4 is 11.3 Å². The molecule has 2 aromatic rings. The fourth-order valence-electron chi connectivity index (χ4n) is 2.30. The number of phenolic OH excluding ortho intramolecular Hbond substituents is 1. The van der Waals surface area contributed by atoms with Gasteiger partial charge in [0.1, 0.15) is 28.5 Å². The number of H-pyrrole nitrogens is 1. The first-order valence-electron chi connectivity index (χ1n) is 6.48. The van der Waals surface area contributed by atoms with Crippen molar-refractivity contribution >= 4 is 17.8 Å². The lowest BCUT2D eigenvalue weighted by Gasteiger charge is -2.15. The van der Waals surface area contributed by atoms with Gasteiger partial charge < -0.3 is 26.0 Å². The van der Waals surface area contributed by atoms with E-state index in [4.69, 9.17) is 10.8 Å². The van der Waals surface area contributed by atoms with Gasteiger partial charge in [-0.1, -0.05) is 0 Å². The number of carbonyl (C=O) groups is 2. The van der Waals surface area contributed by atoms with Gasteiger partial charge in [-0.3, -0.25) is 4.79 Å². The monoisotopic (exact) mass is 376 g/mol. The van der Waals surface area contributed by atoms with Crippen LogP contribution >= 0.6 is 0 Å². The molecular weight excluding hydrogens is 368 g/mol. The molecule has 0 unspecified atom stereocenters. The maximum Gasteiger partial charge on any atom is 0.416 e. The number of benzene rings is 1. The van der Waals surface area contributed by atoms with E-state index in [1.54, 1.807) is 4.98 Å². The van der Waals surface area contributed by atoms with Gasteiger partial charge in [0.25, 0.3) is 5.56 Å². The van der Waals surface area contributed by atoms with E-state index in [9.17, 15) is 42.2 Å². The Morgan fingerprint density at radius 3 is 2.00 bits per heavy atom. The smallest absolute Gasteiger partial charge is 0.416 e. The molecule has 1 aromatic carbocycles. The second-order valence-corrected chi connectivity index (χ2v) is 4.95. The number of pyridine rings is 1. The number of aromatic nitrogens is 1. The summed E-state index contributed by atoms with van der Waals surface area (Å²) in [6.45, 7) is 0. The number of anilines is 1. The van der Waals surface area contributed by atoms with Crippen molar-refractivity contribution < 1.29 is 42.5 Å². The molecule has 0 saturated carbocycles. The van der Waals surface area contributed by atoms with Gasteiger partial charge >= 0.3 is 18.1 Å². The number of hydrogen-bond donors (Lipinski definition) is 5. The van der Waals surface area contributed by atoms with Crippen LogP contribution in [0, 0.1) is 5.82 Å². The zero-order chi connectivity index (χ0) is 20.0. The molecule has 8 nitrogen and oxygen atoms in total. The highest BCUT2D eigenvalue weighted by Crippen LogP contribution is 2.41. The molecule has 138 valence electrons. The van der Waals surface area contributed by atoms with Gasteiger partial charge in [0.2, 0.25) is 0 Å². The van der Waals surface area contributed by atoms with Gasteiger partial charge in [-0.15, -0.1) is 0 Å². The van der Waals surface area contributed by atoms with Crippen molar-refractivity contribution in [2.24, 2.45) is 0 Å². The van der Waals surface area contributed by atoms with Crippen LogP contribution in [0.25, 0.3) is 11.1 Å². The summed E-state index contributed by atoms with van der Waals surface area (Å²) >= 11 is 0. The number of alkyl halides is 3. The van der Waals surface area contributed by atoms with Gasteiger partial charge in [-0.2, -0.15) is 13.2 Å². The summed E-state index contributed by atoms with van der Waals surface area (Å²) in [6.07, 6.45) is -5.05. The number of nitrogens with two attached hydrogens (primary N) is 1. The predicted molar refractivity (Wildman–Crippen MR) is 77.5 cm³/mol. The van der Waals surface area contributed by atoms with Crippen LogP contribution in [0.4, 0.5) is 23.4 Å². The molecule has 0 atom stereocenters. The van der Waals surface area contributed by atoms with E-state index in [0.29, 0.717) is 0 Å². The molecule has 0 aliphatic carbocycles. The second-order valence-electron chi connectivity index (χ2n) is 4.95. The predicted octanol–water partition coefficient (Wildman–Crippen LogP) is 1.88. The van der Waals surface area contributed by atoms with E-state index in [1.807, 2.05) is 0 Å². The number of nitrogens with one attached hydrogen (secondary N) is 1. The first kappa shape index (κ1) is 18.8.